The first-order valence-electron chi connectivity index (χ1n) is 6.25. The summed E-state index contributed by atoms with van der Waals surface area (Å²) in [6, 6.07) is 4.15. The quantitative estimate of drug-likeness (QED) is 0.894. The van der Waals surface area contributed by atoms with Crippen LogP contribution in [0.4, 0.5) is 18.9 Å². The molecule has 0 aliphatic rings. The van der Waals surface area contributed by atoms with Crippen LogP contribution in [0.15, 0.2) is 24.3 Å². The topological polar surface area (TPSA) is 41.1 Å². The number of amides is 1. The van der Waals surface area contributed by atoms with Gasteiger partial charge in [-0.1, -0.05) is 6.07 Å². The van der Waals surface area contributed by atoms with E-state index in [2.05, 4.69) is 10.6 Å². The van der Waals surface area contributed by atoms with Gasteiger partial charge in [0.15, 0.2) is 0 Å². The Kier molecular flexibility index (Phi) is 4.68. The molecule has 0 bridgehead atoms. The number of halogens is 3. The second-order valence-corrected chi connectivity index (χ2v) is 5.68. The third kappa shape index (κ3) is 5.11. The molecule has 1 amide bonds. The lowest BCUT2D eigenvalue weighted by Gasteiger charge is -2.24. The van der Waals surface area contributed by atoms with Gasteiger partial charge in [-0.3, -0.25) is 4.79 Å². The number of rotatable bonds is 3. The maximum atomic E-state index is 12.6. The summed E-state index contributed by atoms with van der Waals surface area (Å²) in [5, 5.41) is 5.53. The van der Waals surface area contributed by atoms with Gasteiger partial charge in [-0.15, -0.1) is 0 Å². The molecule has 0 radical (unpaired) electrons. The van der Waals surface area contributed by atoms with Crippen molar-refractivity contribution < 1.29 is 18.0 Å². The van der Waals surface area contributed by atoms with Crippen molar-refractivity contribution in [3.05, 3.63) is 29.8 Å². The molecule has 0 aliphatic heterocycles. The monoisotopic (exact) mass is 288 g/mol. The summed E-state index contributed by atoms with van der Waals surface area (Å²) < 4.78 is 37.7. The highest BCUT2D eigenvalue weighted by molar-refractivity contribution is 5.84. The lowest BCUT2D eigenvalue weighted by Crippen LogP contribution is -2.47. The van der Waals surface area contributed by atoms with Crippen molar-refractivity contribution in [2.24, 2.45) is 0 Å². The Hall–Kier alpha value is -1.72. The zero-order chi connectivity index (χ0) is 15.6. The summed E-state index contributed by atoms with van der Waals surface area (Å²) in [6.45, 7) is 7.10. The van der Waals surface area contributed by atoms with Gasteiger partial charge in [0.1, 0.15) is 6.04 Å². The number of hydrogen-bond acceptors (Lipinski definition) is 2. The third-order valence-corrected chi connectivity index (χ3v) is 2.46. The second-order valence-electron chi connectivity index (χ2n) is 5.68. The molecule has 1 aromatic rings. The highest BCUT2D eigenvalue weighted by Gasteiger charge is 2.30. The summed E-state index contributed by atoms with van der Waals surface area (Å²) >= 11 is 0. The maximum Gasteiger partial charge on any atom is 0.416 e. The molecule has 0 aliphatic carbocycles. The predicted molar refractivity (Wildman–Crippen MR) is 72.4 cm³/mol. The molecule has 0 heterocycles. The molecule has 1 atom stereocenters. The first kappa shape index (κ1) is 16.3. The minimum Gasteiger partial charge on any atom is -0.374 e. The first-order chi connectivity index (χ1) is 8.99. The van der Waals surface area contributed by atoms with Gasteiger partial charge in [0.25, 0.3) is 0 Å². The van der Waals surface area contributed by atoms with Crippen LogP contribution in [0.2, 0.25) is 0 Å². The van der Waals surface area contributed by atoms with Crippen LogP contribution in [0.25, 0.3) is 0 Å². The standard InChI is InChI=1S/C14H19F3N2O/c1-9(12(20)19-13(2,3)4)18-11-7-5-6-10(8-11)14(15,16)17/h5-9,18H,1-4H3,(H,19,20). The van der Waals surface area contributed by atoms with Crippen LogP contribution in [0, 0.1) is 0 Å². The number of benzene rings is 1. The van der Waals surface area contributed by atoms with Gasteiger partial charge in [0, 0.05) is 11.2 Å². The Bertz CT molecular complexity index is 478. The van der Waals surface area contributed by atoms with Crippen molar-refractivity contribution in [1.82, 2.24) is 5.32 Å². The smallest absolute Gasteiger partial charge is 0.374 e. The van der Waals surface area contributed by atoms with Gasteiger partial charge in [-0.2, -0.15) is 13.2 Å². The molecular weight excluding hydrogens is 269 g/mol. The van der Waals surface area contributed by atoms with Crippen LogP contribution in [0.5, 0.6) is 0 Å². The van der Waals surface area contributed by atoms with Gasteiger partial charge in [-0.05, 0) is 45.9 Å². The fraction of sp³-hybridized carbons (Fsp3) is 0.500. The van der Waals surface area contributed by atoms with Crippen LogP contribution in [0.1, 0.15) is 33.3 Å². The summed E-state index contributed by atoms with van der Waals surface area (Å²) in [6.07, 6.45) is -4.39. The van der Waals surface area contributed by atoms with Crippen molar-refractivity contribution in [1.29, 1.82) is 0 Å². The molecule has 3 nitrogen and oxygen atoms in total. The SMILES string of the molecule is CC(Nc1cccc(C(F)(F)F)c1)C(=O)NC(C)(C)C. The molecule has 20 heavy (non-hydrogen) atoms. The summed E-state index contributed by atoms with van der Waals surface area (Å²) in [7, 11) is 0. The summed E-state index contributed by atoms with van der Waals surface area (Å²) in [5.41, 5.74) is -0.872. The fourth-order valence-electron chi connectivity index (χ4n) is 1.58. The van der Waals surface area contributed by atoms with Crippen molar-refractivity contribution in [3.8, 4) is 0 Å². The lowest BCUT2D eigenvalue weighted by molar-refractivity contribution is -0.137. The Morgan fingerprint density at radius 2 is 1.80 bits per heavy atom. The number of carbonyl (C=O) groups excluding carboxylic acids is 1. The van der Waals surface area contributed by atoms with Crippen molar-refractivity contribution >= 4 is 11.6 Å². The first-order valence-corrected chi connectivity index (χ1v) is 6.25. The average Bonchev–Trinajstić information content (AvgIpc) is 2.25. The van der Waals surface area contributed by atoms with Crippen molar-refractivity contribution in [3.63, 3.8) is 0 Å². The van der Waals surface area contributed by atoms with Crippen LogP contribution in [0.3, 0.4) is 0 Å². The Morgan fingerprint density at radius 1 is 1.20 bits per heavy atom. The molecule has 6 heteroatoms. The average molecular weight is 288 g/mol. The zero-order valence-electron chi connectivity index (χ0n) is 11.9. The van der Waals surface area contributed by atoms with Crippen LogP contribution >= 0.6 is 0 Å². The fourth-order valence-corrected chi connectivity index (χ4v) is 1.58. The predicted octanol–water partition coefficient (Wildman–Crippen LogP) is 3.42. The Labute approximate surface area is 116 Å². The molecule has 0 aromatic heterocycles. The lowest BCUT2D eigenvalue weighted by atomic mass is 10.1. The van der Waals surface area contributed by atoms with E-state index >= 15 is 0 Å². The maximum absolute atomic E-state index is 12.6. The number of hydrogen-bond donors (Lipinski definition) is 2. The van der Waals surface area contributed by atoms with E-state index in [4.69, 9.17) is 0 Å². The number of alkyl halides is 3. The zero-order valence-corrected chi connectivity index (χ0v) is 11.9. The molecule has 1 rings (SSSR count). The molecular formula is C14H19F3N2O. The molecule has 0 fully saturated rings. The van der Waals surface area contributed by atoms with Crippen molar-refractivity contribution in [2.75, 3.05) is 5.32 Å². The molecule has 112 valence electrons. The minimum absolute atomic E-state index is 0.261. The largest absolute Gasteiger partial charge is 0.416 e. The molecule has 0 saturated carbocycles. The number of nitrogens with one attached hydrogen (secondary N) is 2. The van der Waals surface area contributed by atoms with E-state index in [-0.39, 0.29) is 17.1 Å². The molecule has 1 unspecified atom stereocenters. The Morgan fingerprint density at radius 3 is 2.30 bits per heavy atom. The van der Waals surface area contributed by atoms with Crippen LogP contribution < -0.4 is 10.6 Å². The van der Waals surface area contributed by atoms with Gasteiger partial charge >= 0.3 is 6.18 Å². The summed E-state index contributed by atoms with van der Waals surface area (Å²) in [4.78, 5) is 11.8. The van der Waals surface area contributed by atoms with E-state index in [9.17, 15) is 18.0 Å². The van der Waals surface area contributed by atoms with E-state index in [0.717, 1.165) is 12.1 Å². The van der Waals surface area contributed by atoms with Gasteiger partial charge in [-0.25, -0.2) is 0 Å². The Balaban J connectivity index is 2.76. The normalized spacial score (nSPS) is 13.8. The van der Waals surface area contributed by atoms with E-state index in [0.29, 0.717) is 0 Å². The number of carbonyl (C=O) groups is 1. The summed E-state index contributed by atoms with van der Waals surface area (Å²) in [5.74, 6) is -0.269. The molecule has 2 N–H and O–H groups in total. The van der Waals surface area contributed by atoms with E-state index in [1.807, 2.05) is 20.8 Å². The van der Waals surface area contributed by atoms with Crippen LogP contribution in [-0.2, 0) is 11.0 Å². The highest BCUT2D eigenvalue weighted by Crippen LogP contribution is 2.30. The second kappa shape index (κ2) is 5.73. The molecule has 0 saturated heterocycles. The number of anilines is 1. The van der Waals surface area contributed by atoms with E-state index < -0.39 is 17.8 Å². The molecule has 0 spiro atoms. The third-order valence-electron chi connectivity index (χ3n) is 2.46. The van der Waals surface area contributed by atoms with Gasteiger partial charge in [0.05, 0.1) is 5.56 Å². The van der Waals surface area contributed by atoms with Gasteiger partial charge < -0.3 is 10.6 Å². The van der Waals surface area contributed by atoms with Crippen LogP contribution in [-0.4, -0.2) is 17.5 Å². The van der Waals surface area contributed by atoms with E-state index in [1.165, 1.54) is 12.1 Å². The minimum atomic E-state index is -4.39. The molecule has 1 aromatic carbocycles. The van der Waals surface area contributed by atoms with Gasteiger partial charge in [0.2, 0.25) is 5.91 Å². The highest BCUT2D eigenvalue weighted by atomic mass is 19.4. The van der Waals surface area contributed by atoms with Crippen molar-refractivity contribution in [2.45, 2.75) is 45.5 Å². The van der Waals surface area contributed by atoms with E-state index in [1.54, 1.807) is 6.92 Å².